The highest BCUT2D eigenvalue weighted by atomic mass is 35.5. The van der Waals surface area contributed by atoms with Crippen molar-refractivity contribution in [3.63, 3.8) is 0 Å². The van der Waals surface area contributed by atoms with Gasteiger partial charge in [0.15, 0.2) is 5.03 Å². The molecule has 0 aliphatic carbocycles. The Morgan fingerprint density at radius 3 is 1.73 bits per heavy atom. The number of hydrogen-bond donors (Lipinski definition) is 0. The normalized spacial score (nSPS) is 14.4. The molecule has 0 saturated carbocycles. The van der Waals surface area contributed by atoms with E-state index in [0.29, 0.717) is 0 Å². The van der Waals surface area contributed by atoms with Crippen LogP contribution in [0.25, 0.3) is 0 Å². The average molecular weight is 211 g/mol. The lowest BCUT2D eigenvalue weighted by Gasteiger charge is -2.03. The van der Waals surface area contributed by atoms with Gasteiger partial charge in [0.25, 0.3) is 0 Å². The van der Waals surface area contributed by atoms with Crippen LogP contribution in [0.3, 0.4) is 0 Å². The molecule has 0 aromatic heterocycles. The Labute approximate surface area is 68.6 Å². The second-order valence-corrected chi connectivity index (χ2v) is 2.25. The maximum absolute atomic E-state index is 12.0. The van der Waals surface area contributed by atoms with Crippen molar-refractivity contribution in [3.8, 4) is 0 Å². The SMILES string of the molecule is O=C(F)/C(Cl)=C(/F)C(F)(F)Cl. The Hall–Kier alpha value is -0.290. The van der Waals surface area contributed by atoms with E-state index < -0.39 is 22.3 Å². The van der Waals surface area contributed by atoms with E-state index in [4.69, 9.17) is 0 Å². The van der Waals surface area contributed by atoms with Crippen LogP contribution in [0, 0.1) is 0 Å². The molecule has 0 aliphatic rings. The van der Waals surface area contributed by atoms with Crippen LogP contribution in [-0.2, 0) is 4.79 Å². The lowest BCUT2D eigenvalue weighted by molar-refractivity contribution is -0.124. The van der Waals surface area contributed by atoms with Gasteiger partial charge in [0, 0.05) is 0 Å². The molecule has 1 nitrogen and oxygen atoms in total. The fourth-order valence-corrected chi connectivity index (χ4v) is 0.472. The van der Waals surface area contributed by atoms with E-state index in [2.05, 4.69) is 23.2 Å². The van der Waals surface area contributed by atoms with Gasteiger partial charge in [-0.05, 0) is 11.6 Å². The monoisotopic (exact) mass is 210 g/mol. The molecular weight excluding hydrogens is 211 g/mol. The molecule has 0 atom stereocenters. The second kappa shape index (κ2) is 3.40. The highest BCUT2D eigenvalue weighted by Gasteiger charge is 2.36. The van der Waals surface area contributed by atoms with Crippen LogP contribution in [0.15, 0.2) is 10.9 Å². The Kier molecular flexibility index (Phi) is 3.31. The van der Waals surface area contributed by atoms with Crippen LogP contribution in [0.1, 0.15) is 0 Å². The van der Waals surface area contributed by atoms with Crippen molar-refractivity contribution in [2.75, 3.05) is 0 Å². The third-order valence-corrected chi connectivity index (χ3v) is 1.09. The molecule has 0 rings (SSSR count). The van der Waals surface area contributed by atoms with E-state index in [9.17, 15) is 22.4 Å². The number of carbonyl (C=O) groups is 1. The minimum atomic E-state index is -4.45. The minimum Gasteiger partial charge on any atom is -0.254 e. The van der Waals surface area contributed by atoms with Crippen molar-refractivity contribution in [1.29, 1.82) is 0 Å². The lowest BCUT2D eigenvalue weighted by atomic mass is 10.5. The Morgan fingerprint density at radius 2 is 1.64 bits per heavy atom. The van der Waals surface area contributed by atoms with Gasteiger partial charge in [-0.15, -0.1) is 0 Å². The fourth-order valence-electron chi connectivity index (χ4n) is 0.211. The number of allylic oxidation sites excluding steroid dienone is 2. The van der Waals surface area contributed by atoms with Crippen LogP contribution in [0.5, 0.6) is 0 Å². The number of alkyl halides is 3. The van der Waals surface area contributed by atoms with Crippen molar-refractivity contribution in [3.05, 3.63) is 10.9 Å². The molecule has 0 aromatic carbocycles. The van der Waals surface area contributed by atoms with Gasteiger partial charge >= 0.3 is 11.4 Å². The highest BCUT2D eigenvalue weighted by molar-refractivity contribution is 6.42. The zero-order valence-corrected chi connectivity index (χ0v) is 6.19. The van der Waals surface area contributed by atoms with Gasteiger partial charge in [-0.1, -0.05) is 11.6 Å². The molecule has 0 unspecified atom stereocenters. The van der Waals surface area contributed by atoms with E-state index in [1.165, 1.54) is 0 Å². The Balaban J connectivity index is 4.82. The van der Waals surface area contributed by atoms with E-state index in [0.717, 1.165) is 0 Å². The second-order valence-electron chi connectivity index (χ2n) is 1.40. The van der Waals surface area contributed by atoms with Crippen LogP contribution in [0.2, 0.25) is 0 Å². The first-order chi connectivity index (χ1) is 4.76. The Morgan fingerprint density at radius 1 is 1.27 bits per heavy atom. The lowest BCUT2D eigenvalue weighted by Crippen LogP contribution is -2.09. The van der Waals surface area contributed by atoms with E-state index >= 15 is 0 Å². The van der Waals surface area contributed by atoms with Crippen molar-refractivity contribution >= 4 is 29.2 Å². The van der Waals surface area contributed by atoms with Crippen molar-refractivity contribution in [1.82, 2.24) is 0 Å². The third kappa shape index (κ3) is 3.07. The van der Waals surface area contributed by atoms with Gasteiger partial charge in [0.2, 0.25) is 5.83 Å². The molecule has 0 spiro atoms. The zero-order valence-electron chi connectivity index (χ0n) is 4.68. The molecule has 64 valence electrons. The average Bonchev–Trinajstić information content (AvgIpc) is 1.82. The first-order valence-corrected chi connectivity index (χ1v) is 2.84. The summed E-state index contributed by atoms with van der Waals surface area (Å²) >= 11 is 8.52. The molecule has 0 bridgehead atoms. The minimum absolute atomic E-state index is 1.84. The molecule has 0 saturated heterocycles. The third-order valence-electron chi connectivity index (χ3n) is 0.614. The molecule has 0 amide bonds. The summed E-state index contributed by atoms with van der Waals surface area (Å²) in [6, 6.07) is -2.50. The van der Waals surface area contributed by atoms with Gasteiger partial charge in [0.1, 0.15) is 0 Å². The largest absolute Gasteiger partial charge is 0.375 e. The predicted octanol–water partition coefficient (Wildman–Crippen LogP) is 2.73. The summed E-state index contributed by atoms with van der Waals surface area (Å²) in [7, 11) is 0. The standard InChI is InChI=1S/C4Cl2F4O/c5-1(3(8)11)2(7)4(6,9)10/b2-1-. The molecule has 0 N–H and O–H groups in total. The topological polar surface area (TPSA) is 17.1 Å². The summed E-state index contributed by atoms with van der Waals surface area (Å²) < 4.78 is 46.7. The fraction of sp³-hybridized carbons (Fsp3) is 0.250. The maximum atomic E-state index is 12.0. The van der Waals surface area contributed by atoms with E-state index in [1.807, 2.05) is 0 Å². The molecule has 0 aromatic rings. The molecule has 0 heterocycles. The quantitative estimate of drug-likeness (QED) is 0.297. The summed E-state index contributed by atoms with van der Waals surface area (Å²) in [5.41, 5.74) is 0. The first-order valence-electron chi connectivity index (χ1n) is 2.09. The molecule has 7 heteroatoms. The van der Waals surface area contributed by atoms with Gasteiger partial charge in [-0.2, -0.15) is 13.2 Å². The summed E-state index contributed by atoms with van der Waals surface area (Å²) in [6.45, 7) is 0. The van der Waals surface area contributed by atoms with Crippen LogP contribution in [-0.4, -0.2) is 11.4 Å². The van der Waals surface area contributed by atoms with Crippen molar-refractivity contribution in [2.45, 2.75) is 5.38 Å². The van der Waals surface area contributed by atoms with Gasteiger partial charge in [0.05, 0.1) is 0 Å². The molecule has 0 aliphatic heterocycles. The zero-order chi connectivity index (χ0) is 9.23. The molecule has 0 fully saturated rings. The molecular formula is C4Cl2F4O. The number of carbonyl (C=O) groups excluding carboxylic acids is 1. The molecule has 11 heavy (non-hydrogen) atoms. The van der Waals surface area contributed by atoms with Crippen LogP contribution >= 0.6 is 23.2 Å². The summed E-state index contributed by atoms with van der Waals surface area (Å²) in [5, 5.41) is -6.29. The number of halogens is 6. The van der Waals surface area contributed by atoms with Gasteiger partial charge in [-0.25, -0.2) is 4.39 Å². The number of rotatable bonds is 2. The summed E-state index contributed by atoms with van der Waals surface area (Å²) in [5.74, 6) is -2.49. The number of hydrogen-bond acceptors (Lipinski definition) is 1. The van der Waals surface area contributed by atoms with Gasteiger partial charge < -0.3 is 0 Å². The predicted molar refractivity (Wildman–Crippen MR) is 30.9 cm³/mol. The van der Waals surface area contributed by atoms with E-state index in [-0.39, 0.29) is 0 Å². The highest BCUT2D eigenvalue weighted by Crippen LogP contribution is 2.33. The van der Waals surface area contributed by atoms with Crippen molar-refractivity contribution < 1.29 is 22.4 Å². The first kappa shape index (κ1) is 10.7. The summed E-state index contributed by atoms with van der Waals surface area (Å²) in [4.78, 5) is 9.54. The van der Waals surface area contributed by atoms with Gasteiger partial charge in [-0.3, -0.25) is 4.79 Å². The van der Waals surface area contributed by atoms with Crippen molar-refractivity contribution in [2.24, 2.45) is 0 Å². The van der Waals surface area contributed by atoms with E-state index in [1.54, 1.807) is 0 Å². The maximum Gasteiger partial charge on any atom is 0.375 e. The Bertz CT molecular complexity index is 207. The summed E-state index contributed by atoms with van der Waals surface area (Å²) in [6.07, 6.45) is 0. The van der Waals surface area contributed by atoms with Crippen LogP contribution in [0.4, 0.5) is 17.6 Å². The molecule has 0 radical (unpaired) electrons. The van der Waals surface area contributed by atoms with Crippen LogP contribution < -0.4 is 0 Å². The smallest absolute Gasteiger partial charge is 0.254 e.